The summed E-state index contributed by atoms with van der Waals surface area (Å²) in [4.78, 5) is 13.7. The lowest BCUT2D eigenvalue weighted by Crippen LogP contribution is -2.23. The monoisotopic (exact) mass is 214 g/mol. The highest BCUT2D eigenvalue weighted by Gasteiger charge is 2.34. The fourth-order valence-corrected chi connectivity index (χ4v) is 2.40. The van der Waals surface area contributed by atoms with Gasteiger partial charge in [0.15, 0.2) is 0 Å². The molecule has 1 unspecified atom stereocenters. The Bertz CT molecular complexity index is 439. The third kappa shape index (κ3) is 1.58. The van der Waals surface area contributed by atoms with Gasteiger partial charge in [-0.3, -0.25) is 4.79 Å². The lowest BCUT2D eigenvalue weighted by Gasteiger charge is -2.17. The van der Waals surface area contributed by atoms with Crippen LogP contribution in [-0.2, 0) is 11.3 Å². The maximum absolute atomic E-state index is 11.4. The zero-order valence-electron chi connectivity index (χ0n) is 9.02. The molecular weight excluding hydrogens is 200 g/mol. The predicted octanol–water partition coefficient (Wildman–Crippen LogP) is 1.13. The molecule has 16 heavy (non-hydrogen) atoms. The van der Waals surface area contributed by atoms with E-state index in [9.17, 15) is 4.79 Å². The summed E-state index contributed by atoms with van der Waals surface area (Å²) in [6.07, 6.45) is 2.01. The standard InChI is InChI=1S/C13H14N2O/c16-13-12-9-15(8-11(12)6-14-13)7-10-4-2-1-3-5-10/h1-5,9,11H,6-8H2,(H,14,16). The van der Waals surface area contributed by atoms with Crippen LogP contribution in [0.3, 0.4) is 0 Å². The van der Waals surface area contributed by atoms with Crippen LogP contribution >= 0.6 is 0 Å². The number of nitrogens with zero attached hydrogens (tertiary/aromatic N) is 1. The van der Waals surface area contributed by atoms with Gasteiger partial charge in [-0.05, 0) is 5.56 Å². The first-order valence-electron chi connectivity index (χ1n) is 5.61. The number of rotatable bonds is 2. The summed E-state index contributed by atoms with van der Waals surface area (Å²) in [5, 5.41) is 2.87. The fraction of sp³-hybridized carbons (Fsp3) is 0.308. The Kier molecular flexibility index (Phi) is 2.17. The van der Waals surface area contributed by atoms with Crippen molar-refractivity contribution >= 4 is 5.91 Å². The van der Waals surface area contributed by atoms with E-state index in [1.54, 1.807) is 0 Å². The second kappa shape index (κ2) is 3.67. The van der Waals surface area contributed by atoms with E-state index in [2.05, 4.69) is 22.3 Å². The van der Waals surface area contributed by atoms with E-state index in [1.165, 1.54) is 5.56 Å². The van der Waals surface area contributed by atoms with E-state index in [-0.39, 0.29) is 5.91 Å². The van der Waals surface area contributed by atoms with Crippen LogP contribution in [0.1, 0.15) is 5.56 Å². The highest BCUT2D eigenvalue weighted by atomic mass is 16.2. The van der Waals surface area contributed by atoms with Gasteiger partial charge in [0.05, 0.1) is 0 Å². The fourth-order valence-electron chi connectivity index (χ4n) is 2.40. The van der Waals surface area contributed by atoms with Gasteiger partial charge in [-0.1, -0.05) is 30.3 Å². The summed E-state index contributed by atoms with van der Waals surface area (Å²) in [6, 6.07) is 10.4. The molecule has 0 saturated carbocycles. The van der Waals surface area contributed by atoms with Crippen molar-refractivity contribution in [3.8, 4) is 0 Å². The van der Waals surface area contributed by atoms with Crippen molar-refractivity contribution in [1.82, 2.24) is 10.2 Å². The van der Waals surface area contributed by atoms with Gasteiger partial charge in [0, 0.05) is 37.3 Å². The van der Waals surface area contributed by atoms with Gasteiger partial charge < -0.3 is 10.2 Å². The number of amides is 1. The molecule has 82 valence electrons. The first-order valence-corrected chi connectivity index (χ1v) is 5.61. The van der Waals surface area contributed by atoms with Gasteiger partial charge >= 0.3 is 0 Å². The molecule has 3 rings (SSSR count). The van der Waals surface area contributed by atoms with Crippen molar-refractivity contribution in [2.24, 2.45) is 5.92 Å². The molecular formula is C13H14N2O. The van der Waals surface area contributed by atoms with Gasteiger partial charge in [-0.25, -0.2) is 0 Å². The minimum Gasteiger partial charge on any atom is -0.372 e. The van der Waals surface area contributed by atoms with Crippen LogP contribution in [-0.4, -0.2) is 23.9 Å². The third-order valence-electron chi connectivity index (χ3n) is 3.22. The number of carbonyl (C=O) groups is 1. The Morgan fingerprint density at radius 2 is 2.12 bits per heavy atom. The number of carbonyl (C=O) groups excluding carboxylic acids is 1. The molecule has 1 aromatic rings. The van der Waals surface area contributed by atoms with Crippen molar-refractivity contribution in [3.05, 3.63) is 47.7 Å². The molecule has 0 aromatic heterocycles. The van der Waals surface area contributed by atoms with Crippen LogP contribution in [0, 0.1) is 5.92 Å². The van der Waals surface area contributed by atoms with Crippen LogP contribution in [0.15, 0.2) is 42.1 Å². The molecule has 0 spiro atoms. The average molecular weight is 214 g/mol. The first kappa shape index (κ1) is 9.46. The molecule has 2 aliphatic rings. The summed E-state index contributed by atoms with van der Waals surface area (Å²) < 4.78 is 0. The van der Waals surface area contributed by atoms with Gasteiger partial charge in [-0.15, -0.1) is 0 Å². The zero-order valence-corrected chi connectivity index (χ0v) is 9.02. The SMILES string of the molecule is O=C1NCC2CN(Cc3ccccc3)C=C12. The largest absolute Gasteiger partial charge is 0.372 e. The Morgan fingerprint density at radius 3 is 2.88 bits per heavy atom. The molecule has 1 atom stereocenters. The van der Waals surface area contributed by atoms with Crippen molar-refractivity contribution in [2.45, 2.75) is 6.54 Å². The van der Waals surface area contributed by atoms with E-state index in [0.29, 0.717) is 5.92 Å². The lowest BCUT2D eigenvalue weighted by molar-refractivity contribution is -0.116. The molecule has 1 saturated heterocycles. The number of hydrogen-bond acceptors (Lipinski definition) is 2. The lowest BCUT2D eigenvalue weighted by atomic mass is 10.1. The van der Waals surface area contributed by atoms with Gasteiger partial charge in [0.25, 0.3) is 0 Å². The van der Waals surface area contributed by atoms with E-state index < -0.39 is 0 Å². The Hall–Kier alpha value is -1.77. The van der Waals surface area contributed by atoms with Crippen molar-refractivity contribution in [1.29, 1.82) is 0 Å². The molecule has 1 fully saturated rings. The molecule has 1 aromatic carbocycles. The molecule has 0 radical (unpaired) electrons. The summed E-state index contributed by atoms with van der Waals surface area (Å²) in [5.74, 6) is 0.511. The molecule has 1 amide bonds. The number of fused-ring (bicyclic) bond motifs is 1. The Balaban J connectivity index is 1.73. The highest BCUT2D eigenvalue weighted by Crippen LogP contribution is 2.26. The highest BCUT2D eigenvalue weighted by molar-refractivity contribution is 5.96. The smallest absolute Gasteiger partial charge is 0.249 e. The topological polar surface area (TPSA) is 32.3 Å². The summed E-state index contributed by atoms with van der Waals surface area (Å²) >= 11 is 0. The molecule has 2 heterocycles. The quantitative estimate of drug-likeness (QED) is 0.800. The summed E-state index contributed by atoms with van der Waals surface area (Å²) in [6.45, 7) is 2.66. The van der Waals surface area contributed by atoms with Gasteiger partial charge in [0.2, 0.25) is 5.91 Å². The maximum atomic E-state index is 11.4. The van der Waals surface area contributed by atoms with Crippen LogP contribution in [0.25, 0.3) is 0 Å². The third-order valence-corrected chi connectivity index (χ3v) is 3.22. The van der Waals surface area contributed by atoms with E-state index in [1.807, 2.05) is 24.4 Å². The Labute approximate surface area is 94.8 Å². The minimum atomic E-state index is 0.112. The van der Waals surface area contributed by atoms with E-state index in [0.717, 1.165) is 25.2 Å². The minimum absolute atomic E-state index is 0.112. The van der Waals surface area contributed by atoms with E-state index in [4.69, 9.17) is 0 Å². The normalized spacial score (nSPS) is 23.0. The predicted molar refractivity (Wildman–Crippen MR) is 61.4 cm³/mol. The number of hydrogen-bond donors (Lipinski definition) is 1. The van der Waals surface area contributed by atoms with Crippen molar-refractivity contribution < 1.29 is 4.79 Å². The molecule has 3 heteroatoms. The van der Waals surface area contributed by atoms with Crippen LogP contribution in [0.2, 0.25) is 0 Å². The molecule has 1 N–H and O–H groups in total. The van der Waals surface area contributed by atoms with Crippen LogP contribution < -0.4 is 5.32 Å². The number of nitrogens with one attached hydrogen (secondary N) is 1. The maximum Gasteiger partial charge on any atom is 0.249 e. The first-order chi connectivity index (χ1) is 7.83. The summed E-state index contributed by atoms with van der Waals surface area (Å²) in [7, 11) is 0. The Morgan fingerprint density at radius 1 is 1.31 bits per heavy atom. The summed E-state index contributed by atoms with van der Waals surface area (Å²) in [5.41, 5.74) is 2.25. The molecule has 0 aliphatic carbocycles. The van der Waals surface area contributed by atoms with Gasteiger partial charge in [0.1, 0.15) is 0 Å². The van der Waals surface area contributed by atoms with Crippen molar-refractivity contribution in [2.75, 3.05) is 13.1 Å². The van der Waals surface area contributed by atoms with Crippen LogP contribution in [0.4, 0.5) is 0 Å². The molecule has 3 nitrogen and oxygen atoms in total. The average Bonchev–Trinajstić information content (AvgIpc) is 2.83. The van der Waals surface area contributed by atoms with E-state index >= 15 is 0 Å². The van der Waals surface area contributed by atoms with Crippen molar-refractivity contribution in [3.63, 3.8) is 0 Å². The number of benzene rings is 1. The zero-order chi connectivity index (χ0) is 11.0. The molecule has 0 bridgehead atoms. The molecule has 2 aliphatic heterocycles. The van der Waals surface area contributed by atoms with Crippen LogP contribution in [0.5, 0.6) is 0 Å². The second-order valence-corrected chi connectivity index (χ2v) is 4.41. The second-order valence-electron chi connectivity index (χ2n) is 4.41. The van der Waals surface area contributed by atoms with Gasteiger partial charge in [-0.2, -0.15) is 0 Å².